The second kappa shape index (κ2) is 10.0. The molecule has 2 amide bonds. The molecule has 2 aliphatic rings. The number of rotatable bonds is 7. The Balaban J connectivity index is 1.68. The number of nitrogens with zero attached hydrogens (tertiary/aromatic N) is 3. The van der Waals surface area contributed by atoms with Gasteiger partial charge >= 0.3 is 6.03 Å². The van der Waals surface area contributed by atoms with Gasteiger partial charge in [0.05, 0.1) is 0 Å². The second-order valence-corrected chi connectivity index (χ2v) is 9.36. The molecule has 2 aromatic rings. The topological polar surface area (TPSA) is 68.2 Å². The maximum Gasteiger partial charge on any atom is 0.365 e. The Morgan fingerprint density at radius 3 is 2.67 bits per heavy atom. The van der Waals surface area contributed by atoms with Crippen molar-refractivity contribution in [2.75, 3.05) is 13.6 Å². The number of nitrogens with one attached hydrogen (secondary N) is 1. The Morgan fingerprint density at radius 1 is 1.24 bits per heavy atom. The minimum absolute atomic E-state index is 0.0219. The summed E-state index contributed by atoms with van der Waals surface area (Å²) in [5, 5.41) is 19.7. The van der Waals surface area contributed by atoms with Crippen LogP contribution in [-0.4, -0.2) is 46.0 Å². The minimum Gasteiger partial charge on any atom is -0.313 e. The van der Waals surface area contributed by atoms with Gasteiger partial charge in [-0.1, -0.05) is 54.2 Å². The molecule has 2 aromatic carbocycles. The van der Waals surface area contributed by atoms with Crippen LogP contribution in [0.15, 0.2) is 65.8 Å². The van der Waals surface area contributed by atoms with E-state index in [0.29, 0.717) is 23.9 Å². The molecule has 33 heavy (non-hydrogen) atoms. The van der Waals surface area contributed by atoms with Gasteiger partial charge in [0.2, 0.25) is 0 Å². The fourth-order valence-electron chi connectivity index (χ4n) is 4.10. The number of benzene rings is 2. The number of thioether (sulfide) groups is 1. The lowest BCUT2D eigenvalue weighted by atomic mass is 10.00. The van der Waals surface area contributed by atoms with Crippen LogP contribution in [0.4, 0.5) is 13.6 Å². The van der Waals surface area contributed by atoms with Crippen LogP contribution in [0.2, 0.25) is 0 Å². The predicted octanol–water partition coefficient (Wildman–Crippen LogP) is 5.06. The molecule has 0 saturated heterocycles. The van der Waals surface area contributed by atoms with Crippen molar-refractivity contribution >= 4 is 22.8 Å². The van der Waals surface area contributed by atoms with Crippen molar-refractivity contribution in [2.24, 2.45) is 5.10 Å². The van der Waals surface area contributed by atoms with E-state index in [9.17, 15) is 18.8 Å². The molecular weight excluding hydrogens is 446 g/mol. The highest BCUT2D eigenvalue weighted by Gasteiger charge is 2.49. The molecule has 2 N–H and O–H groups in total. The van der Waals surface area contributed by atoms with Gasteiger partial charge < -0.3 is 5.32 Å². The van der Waals surface area contributed by atoms with Gasteiger partial charge in [-0.15, -0.1) is 0 Å². The summed E-state index contributed by atoms with van der Waals surface area (Å²) in [4.78, 5) is 12.0. The van der Waals surface area contributed by atoms with E-state index in [-0.39, 0.29) is 10.6 Å². The van der Waals surface area contributed by atoms with Gasteiger partial charge in [0, 0.05) is 18.7 Å². The number of carbonyl (C=O) groups excluding carboxylic acids is 1. The number of hydrazone groups is 1. The number of amides is 2. The zero-order valence-corrected chi connectivity index (χ0v) is 19.1. The van der Waals surface area contributed by atoms with Crippen LogP contribution >= 0.6 is 11.8 Å². The summed E-state index contributed by atoms with van der Waals surface area (Å²) >= 11 is 1.19. The largest absolute Gasteiger partial charge is 0.365 e. The summed E-state index contributed by atoms with van der Waals surface area (Å²) in [7, 11) is 1.22. The standard InChI is InChI=1S/C24H26F2N4O2S/c1-29(32)23(31)30-24(17-8-3-2-4-9-17,14-7-15-27-19-10-5-6-11-19)33-22(28-30)20-16-18(25)12-13-21(20)26/h2-6,8-9,12-13,16,19,27,32H,7,10-11,14-15H2,1H3. The number of hydrogen-bond acceptors (Lipinski definition) is 5. The van der Waals surface area contributed by atoms with E-state index in [0.717, 1.165) is 43.1 Å². The Kier molecular flexibility index (Phi) is 7.11. The highest BCUT2D eigenvalue weighted by Crippen LogP contribution is 2.50. The third-order valence-electron chi connectivity index (χ3n) is 5.77. The summed E-state index contributed by atoms with van der Waals surface area (Å²) in [6, 6.07) is 12.1. The van der Waals surface area contributed by atoms with Gasteiger partial charge in [-0.3, -0.25) is 5.21 Å². The molecule has 0 radical (unpaired) electrons. The van der Waals surface area contributed by atoms with Gasteiger partial charge in [-0.05, 0) is 56.0 Å². The van der Waals surface area contributed by atoms with E-state index >= 15 is 0 Å². The van der Waals surface area contributed by atoms with Crippen molar-refractivity contribution in [3.05, 3.63) is 83.4 Å². The Hall–Kier alpha value is -2.75. The van der Waals surface area contributed by atoms with Crippen molar-refractivity contribution in [1.82, 2.24) is 15.4 Å². The quantitative estimate of drug-likeness (QED) is 0.256. The molecule has 4 rings (SSSR count). The van der Waals surface area contributed by atoms with Crippen LogP contribution in [0.5, 0.6) is 0 Å². The van der Waals surface area contributed by atoms with Gasteiger partial charge in [0.25, 0.3) is 0 Å². The van der Waals surface area contributed by atoms with Crippen LogP contribution in [-0.2, 0) is 4.87 Å². The lowest BCUT2D eigenvalue weighted by molar-refractivity contribution is -0.0404. The molecule has 1 heterocycles. The van der Waals surface area contributed by atoms with E-state index in [1.165, 1.54) is 23.8 Å². The fourth-order valence-corrected chi connectivity index (χ4v) is 5.51. The summed E-state index contributed by atoms with van der Waals surface area (Å²) in [5.41, 5.74) is 0.759. The zero-order chi connectivity index (χ0) is 23.4. The summed E-state index contributed by atoms with van der Waals surface area (Å²) in [6.45, 7) is 0.724. The van der Waals surface area contributed by atoms with E-state index in [1.807, 2.05) is 30.3 Å². The molecule has 1 aliphatic carbocycles. The molecule has 0 spiro atoms. The highest BCUT2D eigenvalue weighted by atomic mass is 32.2. The zero-order valence-electron chi connectivity index (χ0n) is 18.2. The number of halogens is 2. The SMILES string of the molecule is CN(O)C(=O)N1N=C(c2cc(F)ccc2F)SC1(CCCNC1CC=CC1)c1ccccc1. The first kappa shape index (κ1) is 23.4. The molecule has 1 atom stereocenters. The maximum absolute atomic E-state index is 14.6. The smallest absolute Gasteiger partial charge is 0.313 e. The van der Waals surface area contributed by atoms with Crippen molar-refractivity contribution in [3.63, 3.8) is 0 Å². The number of carbonyl (C=O) groups is 1. The van der Waals surface area contributed by atoms with Crippen molar-refractivity contribution in [2.45, 2.75) is 36.6 Å². The van der Waals surface area contributed by atoms with Crippen molar-refractivity contribution in [1.29, 1.82) is 0 Å². The van der Waals surface area contributed by atoms with Gasteiger partial charge in [0.1, 0.15) is 21.5 Å². The summed E-state index contributed by atoms with van der Waals surface area (Å²) < 4.78 is 28.5. The maximum atomic E-state index is 14.6. The van der Waals surface area contributed by atoms with E-state index in [4.69, 9.17) is 0 Å². The third kappa shape index (κ3) is 4.95. The Bertz CT molecular complexity index is 1060. The average Bonchev–Trinajstić information content (AvgIpc) is 3.47. The van der Waals surface area contributed by atoms with Crippen LogP contribution in [0.25, 0.3) is 0 Å². The second-order valence-electron chi connectivity index (χ2n) is 8.10. The van der Waals surface area contributed by atoms with Crippen LogP contribution in [0, 0.1) is 11.6 Å². The lowest BCUT2D eigenvalue weighted by Gasteiger charge is -2.36. The normalized spacial score (nSPS) is 20.4. The fraction of sp³-hybridized carbons (Fsp3) is 0.333. The molecule has 0 fully saturated rings. The Labute approximate surface area is 195 Å². The highest BCUT2D eigenvalue weighted by molar-refractivity contribution is 8.15. The number of hydrogen-bond donors (Lipinski definition) is 2. The van der Waals surface area contributed by atoms with Gasteiger partial charge in [-0.2, -0.15) is 10.1 Å². The van der Waals surface area contributed by atoms with E-state index in [1.54, 1.807) is 0 Å². The van der Waals surface area contributed by atoms with Crippen LogP contribution < -0.4 is 5.32 Å². The lowest BCUT2D eigenvalue weighted by Crippen LogP contribution is -2.46. The van der Waals surface area contributed by atoms with E-state index in [2.05, 4.69) is 22.6 Å². The Morgan fingerprint density at radius 2 is 1.97 bits per heavy atom. The first-order valence-corrected chi connectivity index (χ1v) is 11.7. The number of hydroxylamine groups is 2. The molecule has 0 saturated carbocycles. The molecule has 9 heteroatoms. The van der Waals surface area contributed by atoms with Crippen LogP contribution in [0.1, 0.15) is 36.8 Å². The molecule has 1 unspecified atom stereocenters. The summed E-state index contributed by atoms with van der Waals surface area (Å²) in [5.74, 6) is -1.23. The van der Waals surface area contributed by atoms with Gasteiger partial charge in [0.15, 0.2) is 0 Å². The minimum atomic E-state index is -1.03. The molecule has 0 aromatic heterocycles. The molecule has 6 nitrogen and oxygen atoms in total. The average molecular weight is 473 g/mol. The summed E-state index contributed by atoms with van der Waals surface area (Å²) in [6.07, 6.45) is 7.47. The molecule has 1 aliphatic heterocycles. The molecular formula is C24H26F2N4O2S. The van der Waals surface area contributed by atoms with Crippen molar-refractivity contribution in [3.8, 4) is 0 Å². The monoisotopic (exact) mass is 472 g/mol. The van der Waals surface area contributed by atoms with Crippen LogP contribution in [0.3, 0.4) is 0 Å². The number of urea groups is 1. The third-order valence-corrected chi connectivity index (χ3v) is 7.22. The van der Waals surface area contributed by atoms with E-state index < -0.39 is 22.5 Å². The first-order valence-electron chi connectivity index (χ1n) is 10.8. The molecule has 174 valence electrons. The first-order chi connectivity index (χ1) is 15.9. The predicted molar refractivity (Wildman–Crippen MR) is 125 cm³/mol. The molecule has 0 bridgehead atoms. The van der Waals surface area contributed by atoms with Gasteiger partial charge in [-0.25, -0.2) is 18.6 Å². The van der Waals surface area contributed by atoms with Crippen molar-refractivity contribution < 1.29 is 18.8 Å².